The minimum absolute atomic E-state index is 0.0127. The Morgan fingerprint density at radius 1 is 1.10 bits per heavy atom. The number of ether oxygens (including phenoxy) is 1. The first-order chi connectivity index (χ1) is 15.2. The quantitative estimate of drug-likeness (QED) is 0.615. The third-order valence-electron chi connectivity index (χ3n) is 6.83. The predicted octanol–water partition coefficient (Wildman–Crippen LogP) is 4.80. The Kier molecular flexibility index (Phi) is 5.60. The van der Waals surface area contributed by atoms with Crippen LogP contribution in [0, 0.1) is 5.92 Å². The standard InChI is InChI=1S/C26H29N3O2/c1-19(22-11-5-6-12-23(22)20-8-3-2-4-9-20)29-18-27-16-24(29)26(30)28-14-13-21-10-7-15-31-25(21)17-28/h2-6,8-9,11-12,16,18-19,21,25H,7,10,13-15,17H2,1H3/t19-,21+,25+/m0/s1. The number of nitrogens with zero attached hydrogens (tertiary/aromatic N) is 3. The third kappa shape index (κ3) is 3.90. The van der Waals surface area contributed by atoms with E-state index in [2.05, 4.69) is 60.4 Å². The molecule has 1 amide bonds. The molecule has 2 aliphatic heterocycles. The zero-order chi connectivity index (χ0) is 21.2. The van der Waals surface area contributed by atoms with Crippen molar-refractivity contribution < 1.29 is 9.53 Å². The van der Waals surface area contributed by atoms with E-state index in [1.807, 2.05) is 15.5 Å². The molecule has 160 valence electrons. The summed E-state index contributed by atoms with van der Waals surface area (Å²) in [6.07, 6.45) is 7.05. The van der Waals surface area contributed by atoms with Gasteiger partial charge in [0.1, 0.15) is 5.69 Å². The van der Waals surface area contributed by atoms with Crippen LogP contribution in [0.4, 0.5) is 0 Å². The first-order valence-corrected chi connectivity index (χ1v) is 11.3. The van der Waals surface area contributed by atoms with Gasteiger partial charge in [0.05, 0.1) is 24.7 Å². The fourth-order valence-corrected chi connectivity index (χ4v) is 5.08. The molecule has 2 aromatic carbocycles. The number of carbonyl (C=O) groups is 1. The fraction of sp³-hybridized carbons (Fsp3) is 0.385. The molecule has 3 atom stereocenters. The van der Waals surface area contributed by atoms with E-state index in [4.69, 9.17) is 4.74 Å². The number of aromatic nitrogens is 2. The maximum Gasteiger partial charge on any atom is 0.272 e. The molecule has 0 unspecified atom stereocenters. The molecule has 3 heterocycles. The molecule has 5 rings (SSSR count). The molecule has 0 aliphatic carbocycles. The number of likely N-dealkylation sites (tertiary alicyclic amines) is 1. The van der Waals surface area contributed by atoms with Gasteiger partial charge in [-0.1, -0.05) is 54.6 Å². The van der Waals surface area contributed by atoms with E-state index in [0.29, 0.717) is 18.2 Å². The summed E-state index contributed by atoms with van der Waals surface area (Å²) in [6, 6.07) is 18.8. The highest BCUT2D eigenvalue weighted by atomic mass is 16.5. The second-order valence-electron chi connectivity index (χ2n) is 8.67. The topological polar surface area (TPSA) is 47.4 Å². The van der Waals surface area contributed by atoms with Gasteiger partial charge in [0.2, 0.25) is 0 Å². The van der Waals surface area contributed by atoms with Gasteiger partial charge in [0.25, 0.3) is 5.91 Å². The first-order valence-electron chi connectivity index (χ1n) is 11.3. The number of hydrogen-bond donors (Lipinski definition) is 0. The van der Waals surface area contributed by atoms with Gasteiger partial charge in [-0.2, -0.15) is 0 Å². The SMILES string of the molecule is C[C@@H](c1ccccc1-c1ccccc1)n1cncc1C(=O)N1CC[C@H]2CCCO[C@@H]2C1. The minimum atomic E-state index is -0.0127. The zero-order valence-corrected chi connectivity index (χ0v) is 18.0. The Balaban J connectivity index is 1.41. The van der Waals surface area contributed by atoms with E-state index in [9.17, 15) is 4.79 Å². The summed E-state index contributed by atoms with van der Waals surface area (Å²) in [4.78, 5) is 19.8. The molecule has 2 aliphatic rings. The number of fused-ring (bicyclic) bond motifs is 1. The molecule has 2 saturated heterocycles. The Labute approximate surface area is 183 Å². The van der Waals surface area contributed by atoms with Crippen molar-refractivity contribution in [3.05, 3.63) is 78.4 Å². The van der Waals surface area contributed by atoms with Crippen molar-refractivity contribution >= 4 is 5.91 Å². The highest BCUT2D eigenvalue weighted by Crippen LogP contribution is 2.32. The molecule has 0 radical (unpaired) electrons. The van der Waals surface area contributed by atoms with E-state index in [0.717, 1.165) is 26.0 Å². The van der Waals surface area contributed by atoms with Crippen molar-refractivity contribution in [1.82, 2.24) is 14.5 Å². The van der Waals surface area contributed by atoms with Crippen LogP contribution in [0.5, 0.6) is 0 Å². The van der Waals surface area contributed by atoms with Crippen LogP contribution in [0.3, 0.4) is 0 Å². The van der Waals surface area contributed by atoms with Gasteiger partial charge >= 0.3 is 0 Å². The normalized spacial score (nSPS) is 22.0. The van der Waals surface area contributed by atoms with Crippen LogP contribution in [0.1, 0.15) is 48.3 Å². The summed E-state index contributed by atoms with van der Waals surface area (Å²) >= 11 is 0. The summed E-state index contributed by atoms with van der Waals surface area (Å²) in [5.41, 5.74) is 4.17. The number of amides is 1. The Bertz CT molecular complexity index is 1050. The molecule has 0 N–H and O–H groups in total. The van der Waals surface area contributed by atoms with Gasteiger partial charge in [0.15, 0.2) is 0 Å². The van der Waals surface area contributed by atoms with Crippen molar-refractivity contribution in [2.75, 3.05) is 19.7 Å². The number of piperidine rings is 1. The molecular weight excluding hydrogens is 386 g/mol. The molecule has 0 bridgehead atoms. The van der Waals surface area contributed by atoms with Gasteiger partial charge < -0.3 is 14.2 Å². The van der Waals surface area contributed by atoms with Gasteiger partial charge in [0, 0.05) is 19.7 Å². The van der Waals surface area contributed by atoms with E-state index in [1.165, 1.54) is 23.1 Å². The van der Waals surface area contributed by atoms with Crippen molar-refractivity contribution in [2.45, 2.75) is 38.3 Å². The van der Waals surface area contributed by atoms with E-state index in [-0.39, 0.29) is 18.1 Å². The molecule has 3 aromatic rings. The van der Waals surface area contributed by atoms with Crippen LogP contribution in [0.25, 0.3) is 11.1 Å². The number of imidazole rings is 1. The van der Waals surface area contributed by atoms with Crippen LogP contribution in [-0.4, -0.2) is 46.2 Å². The lowest BCUT2D eigenvalue weighted by molar-refractivity contribution is -0.0629. The van der Waals surface area contributed by atoms with E-state index in [1.54, 1.807) is 12.5 Å². The van der Waals surface area contributed by atoms with E-state index >= 15 is 0 Å². The second kappa shape index (κ2) is 8.67. The van der Waals surface area contributed by atoms with Crippen LogP contribution in [0.15, 0.2) is 67.1 Å². The summed E-state index contributed by atoms with van der Waals surface area (Å²) in [7, 11) is 0. The minimum Gasteiger partial charge on any atom is -0.376 e. The van der Waals surface area contributed by atoms with E-state index < -0.39 is 0 Å². The van der Waals surface area contributed by atoms with Crippen molar-refractivity contribution in [3.63, 3.8) is 0 Å². The summed E-state index contributed by atoms with van der Waals surface area (Å²) in [6.45, 7) is 4.43. The largest absolute Gasteiger partial charge is 0.376 e. The van der Waals surface area contributed by atoms with Crippen LogP contribution < -0.4 is 0 Å². The summed E-state index contributed by atoms with van der Waals surface area (Å²) in [5, 5.41) is 0. The van der Waals surface area contributed by atoms with Gasteiger partial charge in [-0.15, -0.1) is 0 Å². The van der Waals surface area contributed by atoms with Gasteiger partial charge in [-0.3, -0.25) is 4.79 Å². The smallest absolute Gasteiger partial charge is 0.272 e. The molecule has 0 saturated carbocycles. The molecule has 5 nitrogen and oxygen atoms in total. The van der Waals surface area contributed by atoms with Crippen LogP contribution >= 0.6 is 0 Å². The number of benzene rings is 2. The maximum absolute atomic E-state index is 13.5. The average Bonchev–Trinajstić information content (AvgIpc) is 3.33. The molecular formula is C26H29N3O2. The summed E-state index contributed by atoms with van der Waals surface area (Å²) < 4.78 is 7.99. The fourth-order valence-electron chi connectivity index (χ4n) is 5.08. The van der Waals surface area contributed by atoms with Crippen LogP contribution in [-0.2, 0) is 4.74 Å². The monoisotopic (exact) mass is 415 g/mol. The maximum atomic E-state index is 13.5. The Morgan fingerprint density at radius 3 is 2.77 bits per heavy atom. The zero-order valence-electron chi connectivity index (χ0n) is 18.0. The van der Waals surface area contributed by atoms with Crippen molar-refractivity contribution in [3.8, 4) is 11.1 Å². The highest BCUT2D eigenvalue weighted by molar-refractivity contribution is 5.92. The van der Waals surface area contributed by atoms with Gasteiger partial charge in [-0.25, -0.2) is 4.98 Å². The lowest BCUT2D eigenvalue weighted by atomic mass is 9.87. The second-order valence-corrected chi connectivity index (χ2v) is 8.67. The Hall–Kier alpha value is -2.92. The molecule has 5 heteroatoms. The number of hydrogen-bond acceptors (Lipinski definition) is 3. The number of carbonyl (C=O) groups excluding carboxylic acids is 1. The number of rotatable bonds is 4. The van der Waals surface area contributed by atoms with Crippen molar-refractivity contribution in [2.24, 2.45) is 5.92 Å². The first kappa shape index (κ1) is 20.0. The lowest BCUT2D eigenvalue weighted by Crippen LogP contribution is -2.49. The third-order valence-corrected chi connectivity index (χ3v) is 6.83. The highest BCUT2D eigenvalue weighted by Gasteiger charge is 2.35. The predicted molar refractivity (Wildman–Crippen MR) is 121 cm³/mol. The summed E-state index contributed by atoms with van der Waals surface area (Å²) in [5.74, 6) is 0.647. The van der Waals surface area contributed by atoms with Crippen molar-refractivity contribution in [1.29, 1.82) is 0 Å². The van der Waals surface area contributed by atoms with Gasteiger partial charge in [-0.05, 0) is 48.8 Å². The molecule has 0 spiro atoms. The molecule has 1 aromatic heterocycles. The molecule has 2 fully saturated rings. The molecule has 31 heavy (non-hydrogen) atoms. The lowest BCUT2D eigenvalue weighted by Gasteiger charge is -2.41. The average molecular weight is 416 g/mol. The van der Waals surface area contributed by atoms with Crippen LogP contribution in [0.2, 0.25) is 0 Å². The Morgan fingerprint density at radius 2 is 1.90 bits per heavy atom.